The fourth-order valence-electron chi connectivity index (χ4n) is 1.02. The van der Waals surface area contributed by atoms with Crippen LogP contribution in [0.4, 0.5) is 0 Å². The van der Waals surface area contributed by atoms with E-state index in [1.54, 1.807) is 0 Å². The number of aliphatic carboxylic acids is 1. The maximum absolute atomic E-state index is 10.5. The van der Waals surface area contributed by atoms with Crippen LogP contribution in [0.3, 0.4) is 0 Å². The Morgan fingerprint density at radius 2 is 2.11 bits per heavy atom. The standard InChI is InChI=1S/C11H13NO4S2/c12-10(11(14)15)6-17-18-9-3-1-8(2-4-9)5-16-7-13/h1-4,7,10H,5-6,12H2,(H,14,15). The van der Waals surface area contributed by atoms with E-state index in [-0.39, 0.29) is 6.61 Å². The van der Waals surface area contributed by atoms with Gasteiger partial charge in [0.15, 0.2) is 0 Å². The number of nitrogens with two attached hydrogens (primary N) is 1. The summed E-state index contributed by atoms with van der Waals surface area (Å²) in [6.45, 7) is 0.664. The quantitative estimate of drug-likeness (QED) is 0.553. The molecule has 0 saturated heterocycles. The Bertz CT molecular complexity index is 397. The molecule has 0 aliphatic heterocycles. The van der Waals surface area contributed by atoms with Gasteiger partial charge in [0.25, 0.3) is 6.47 Å². The van der Waals surface area contributed by atoms with Crippen molar-refractivity contribution in [1.29, 1.82) is 0 Å². The molecule has 0 heterocycles. The second kappa shape index (κ2) is 8.02. The second-order valence-corrected chi connectivity index (χ2v) is 5.78. The molecular formula is C11H13NO4S2. The largest absolute Gasteiger partial charge is 0.480 e. The van der Waals surface area contributed by atoms with Crippen LogP contribution in [0.2, 0.25) is 0 Å². The van der Waals surface area contributed by atoms with Crippen molar-refractivity contribution in [3.63, 3.8) is 0 Å². The summed E-state index contributed by atoms with van der Waals surface area (Å²) in [5.74, 6) is -0.653. The van der Waals surface area contributed by atoms with Crippen LogP contribution in [-0.2, 0) is 20.9 Å². The molecule has 5 nitrogen and oxygen atoms in total. The van der Waals surface area contributed by atoms with Crippen molar-refractivity contribution in [3.8, 4) is 0 Å². The number of carboxylic acid groups (broad SMARTS) is 1. The molecule has 1 atom stereocenters. The van der Waals surface area contributed by atoms with Crippen molar-refractivity contribution in [1.82, 2.24) is 0 Å². The molecule has 1 aromatic carbocycles. The predicted molar refractivity (Wildman–Crippen MR) is 71.2 cm³/mol. The number of hydrogen-bond donors (Lipinski definition) is 2. The Balaban J connectivity index is 2.34. The second-order valence-electron chi connectivity index (χ2n) is 3.36. The lowest BCUT2D eigenvalue weighted by atomic mass is 10.2. The molecule has 0 aromatic heterocycles. The van der Waals surface area contributed by atoms with Crippen LogP contribution in [0.5, 0.6) is 0 Å². The van der Waals surface area contributed by atoms with Gasteiger partial charge in [0.1, 0.15) is 12.6 Å². The van der Waals surface area contributed by atoms with E-state index in [4.69, 9.17) is 10.8 Å². The number of ether oxygens (including phenoxy) is 1. The van der Waals surface area contributed by atoms with Crippen molar-refractivity contribution in [2.24, 2.45) is 5.73 Å². The van der Waals surface area contributed by atoms with Gasteiger partial charge >= 0.3 is 5.97 Å². The molecule has 98 valence electrons. The molecule has 0 bridgehead atoms. The third-order valence-electron chi connectivity index (χ3n) is 1.96. The van der Waals surface area contributed by atoms with Gasteiger partial charge in [-0.15, -0.1) is 0 Å². The average Bonchev–Trinajstić information content (AvgIpc) is 2.37. The van der Waals surface area contributed by atoms with Gasteiger partial charge in [-0.25, -0.2) is 0 Å². The molecule has 0 aliphatic rings. The Hall–Kier alpha value is -1.18. The maximum atomic E-state index is 10.5. The van der Waals surface area contributed by atoms with E-state index in [2.05, 4.69) is 4.74 Å². The van der Waals surface area contributed by atoms with E-state index in [0.29, 0.717) is 12.2 Å². The van der Waals surface area contributed by atoms with Crippen molar-refractivity contribution in [2.45, 2.75) is 17.5 Å². The smallest absolute Gasteiger partial charge is 0.321 e. The van der Waals surface area contributed by atoms with Gasteiger partial charge in [0.05, 0.1) is 0 Å². The van der Waals surface area contributed by atoms with Crippen LogP contribution < -0.4 is 5.73 Å². The topological polar surface area (TPSA) is 89.6 Å². The molecule has 0 aliphatic carbocycles. The minimum atomic E-state index is -0.996. The zero-order chi connectivity index (χ0) is 13.4. The first-order chi connectivity index (χ1) is 8.63. The van der Waals surface area contributed by atoms with Gasteiger partial charge in [-0.1, -0.05) is 33.7 Å². The lowest BCUT2D eigenvalue weighted by Crippen LogP contribution is -2.32. The molecule has 0 spiro atoms. The lowest BCUT2D eigenvalue weighted by molar-refractivity contribution is -0.138. The number of carbonyl (C=O) groups is 2. The molecule has 7 heteroatoms. The molecule has 0 fully saturated rings. The Morgan fingerprint density at radius 3 is 2.67 bits per heavy atom. The number of hydrogen-bond acceptors (Lipinski definition) is 6. The van der Waals surface area contributed by atoms with Crippen molar-refractivity contribution in [2.75, 3.05) is 5.75 Å². The minimum absolute atomic E-state index is 0.255. The molecule has 1 unspecified atom stereocenters. The fourth-order valence-corrected chi connectivity index (χ4v) is 3.14. The summed E-state index contributed by atoms with van der Waals surface area (Å²) in [5.41, 5.74) is 6.28. The van der Waals surface area contributed by atoms with Gasteiger partial charge in [-0.3, -0.25) is 9.59 Å². The van der Waals surface area contributed by atoms with Crippen molar-refractivity contribution >= 4 is 34.0 Å². The highest BCUT2D eigenvalue weighted by atomic mass is 33.1. The van der Waals surface area contributed by atoms with Crippen LogP contribution in [0.25, 0.3) is 0 Å². The predicted octanol–water partition coefficient (Wildman–Crippen LogP) is 1.51. The van der Waals surface area contributed by atoms with Crippen LogP contribution >= 0.6 is 21.6 Å². The molecule has 0 saturated carbocycles. The van der Waals surface area contributed by atoms with Crippen LogP contribution in [0.15, 0.2) is 29.2 Å². The van der Waals surface area contributed by atoms with Crippen molar-refractivity contribution < 1.29 is 19.4 Å². The summed E-state index contributed by atoms with van der Waals surface area (Å²) in [7, 11) is 2.85. The molecule has 1 aromatic rings. The highest BCUT2D eigenvalue weighted by Crippen LogP contribution is 2.31. The Labute approximate surface area is 112 Å². The molecule has 3 N–H and O–H groups in total. The molecule has 18 heavy (non-hydrogen) atoms. The van der Waals surface area contributed by atoms with E-state index < -0.39 is 12.0 Å². The highest BCUT2D eigenvalue weighted by Gasteiger charge is 2.11. The van der Waals surface area contributed by atoms with Gasteiger partial charge in [-0.05, 0) is 17.7 Å². The summed E-state index contributed by atoms with van der Waals surface area (Å²) in [5, 5.41) is 8.61. The van der Waals surface area contributed by atoms with E-state index in [1.807, 2.05) is 24.3 Å². The van der Waals surface area contributed by atoms with Crippen LogP contribution in [-0.4, -0.2) is 29.3 Å². The monoisotopic (exact) mass is 287 g/mol. The van der Waals surface area contributed by atoms with E-state index in [9.17, 15) is 9.59 Å². The fraction of sp³-hybridized carbons (Fsp3) is 0.273. The molecule has 1 rings (SSSR count). The van der Waals surface area contributed by atoms with Gasteiger partial charge < -0.3 is 15.6 Å². The van der Waals surface area contributed by atoms with E-state index in [1.165, 1.54) is 21.6 Å². The first kappa shape index (κ1) is 14.9. The van der Waals surface area contributed by atoms with Crippen molar-refractivity contribution in [3.05, 3.63) is 29.8 Å². The number of benzene rings is 1. The summed E-state index contributed by atoms with van der Waals surface area (Å²) in [6.07, 6.45) is 0. The Morgan fingerprint density at radius 1 is 1.44 bits per heavy atom. The highest BCUT2D eigenvalue weighted by molar-refractivity contribution is 8.76. The minimum Gasteiger partial charge on any atom is -0.480 e. The average molecular weight is 287 g/mol. The summed E-state index contributed by atoms with van der Waals surface area (Å²) in [4.78, 5) is 21.5. The van der Waals surface area contributed by atoms with Gasteiger partial charge in [-0.2, -0.15) is 0 Å². The van der Waals surface area contributed by atoms with Gasteiger partial charge in [0.2, 0.25) is 0 Å². The third kappa shape index (κ3) is 5.44. The summed E-state index contributed by atoms with van der Waals surface area (Å²) < 4.78 is 4.62. The normalized spacial score (nSPS) is 11.8. The van der Waals surface area contributed by atoms with E-state index >= 15 is 0 Å². The van der Waals surface area contributed by atoms with Crippen LogP contribution in [0, 0.1) is 0 Å². The maximum Gasteiger partial charge on any atom is 0.321 e. The first-order valence-corrected chi connectivity index (χ1v) is 7.37. The van der Waals surface area contributed by atoms with Crippen LogP contribution in [0.1, 0.15) is 5.56 Å². The molecule has 0 radical (unpaired) electrons. The summed E-state index contributed by atoms with van der Waals surface area (Å²) >= 11 is 0. The summed E-state index contributed by atoms with van der Waals surface area (Å²) in [6, 6.07) is 6.62. The third-order valence-corrected chi connectivity index (χ3v) is 4.38. The number of rotatable bonds is 8. The molecular weight excluding hydrogens is 274 g/mol. The SMILES string of the molecule is NC(CSSc1ccc(COC=O)cc1)C(=O)O. The first-order valence-electron chi connectivity index (χ1n) is 5.05. The number of carbonyl (C=O) groups excluding carboxylic acids is 1. The molecule has 0 amide bonds. The van der Waals surface area contributed by atoms with Gasteiger partial charge in [0, 0.05) is 10.6 Å². The zero-order valence-corrected chi connectivity index (χ0v) is 11.1. The zero-order valence-electron chi connectivity index (χ0n) is 9.44. The number of carboxylic acids is 1. The lowest BCUT2D eigenvalue weighted by Gasteiger charge is -2.05. The Kier molecular flexibility index (Phi) is 6.63. The van der Waals surface area contributed by atoms with E-state index in [0.717, 1.165) is 10.5 Å².